The van der Waals surface area contributed by atoms with Crippen molar-refractivity contribution in [1.82, 2.24) is 4.90 Å². The van der Waals surface area contributed by atoms with Gasteiger partial charge in [-0.05, 0) is 50.6 Å². The van der Waals surface area contributed by atoms with Crippen molar-refractivity contribution < 1.29 is 4.74 Å². The molecule has 1 heterocycles. The van der Waals surface area contributed by atoms with E-state index < -0.39 is 0 Å². The number of hydrogen-bond donors (Lipinski definition) is 0. The fourth-order valence-electron chi connectivity index (χ4n) is 2.32. The van der Waals surface area contributed by atoms with Crippen LogP contribution >= 0.6 is 0 Å². The van der Waals surface area contributed by atoms with E-state index in [0.717, 1.165) is 12.1 Å². The summed E-state index contributed by atoms with van der Waals surface area (Å²) in [5.41, 5.74) is 1.73. The molecule has 18 heavy (non-hydrogen) atoms. The normalized spacial score (nSPS) is 16.2. The molecule has 0 unspecified atom stereocenters. The fraction of sp³-hybridized carbons (Fsp3) is 0.533. The van der Waals surface area contributed by atoms with E-state index in [1.807, 2.05) is 25.1 Å². The van der Waals surface area contributed by atoms with Crippen LogP contribution in [0.15, 0.2) is 18.2 Å². The number of benzene rings is 1. The molecule has 1 fully saturated rings. The van der Waals surface area contributed by atoms with Crippen molar-refractivity contribution >= 4 is 0 Å². The molecular formula is C15H20N2O. The molecule has 3 nitrogen and oxygen atoms in total. The monoisotopic (exact) mass is 244 g/mol. The lowest BCUT2D eigenvalue weighted by Crippen LogP contribution is -2.33. The summed E-state index contributed by atoms with van der Waals surface area (Å²) < 4.78 is 5.72. The maximum atomic E-state index is 9.05. The van der Waals surface area contributed by atoms with E-state index in [4.69, 9.17) is 10.00 Å². The van der Waals surface area contributed by atoms with Crippen LogP contribution in [0, 0.1) is 18.3 Å². The Morgan fingerprint density at radius 1 is 1.28 bits per heavy atom. The van der Waals surface area contributed by atoms with Crippen LogP contribution in [-0.2, 0) is 0 Å². The second-order valence-corrected chi connectivity index (χ2v) is 4.86. The Balaban J connectivity index is 1.84. The van der Waals surface area contributed by atoms with Gasteiger partial charge in [-0.25, -0.2) is 0 Å². The zero-order chi connectivity index (χ0) is 12.8. The largest absolute Gasteiger partial charge is 0.491 e. The van der Waals surface area contributed by atoms with Gasteiger partial charge in [-0.3, -0.25) is 4.90 Å². The van der Waals surface area contributed by atoms with Crippen molar-refractivity contribution in [2.24, 2.45) is 0 Å². The minimum Gasteiger partial charge on any atom is -0.491 e. The SMILES string of the molecule is Cc1ccc(OCCN2CCCCC2)c(C#N)c1. The topological polar surface area (TPSA) is 36.3 Å². The molecule has 0 saturated carbocycles. The number of ether oxygens (including phenoxy) is 1. The van der Waals surface area contributed by atoms with Gasteiger partial charge < -0.3 is 4.74 Å². The van der Waals surface area contributed by atoms with Crippen LogP contribution < -0.4 is 4.74 Å². The van der Waals surface area contributed by atoms with Crippen LogP contribution in [0.1, 0.15) is 30.4 Å². The van der Waals surface area contributed by atoms with Gasteiger partial charge in [0.05, 0.1) is 5.56 Å². The second-order valence-electron chi connectivity index (χ2n) is 4.86. The maximum absolute atomic E-state index is 9.05. The van der Waals surface area contributed by atoms with Crippen molar-refractivity contribution in [2.75, 3.05) is 26.2 Å². The number of nitrogens with zero attached hydrogens (tertiary/aromatic N) is 2. The van der Waals surface area contributed by atoms with Crippen molar-refractivity contribution in [3.8, 4) is 11.8 Å². The van der Waals surface area contributed by atoms with Crippen LogP contribution in [0.4, 0.5) is 0 Å². The number of aryl methyl sites for hydroxylation is 1. The maximum Gasteiger partial charge on any atom is 0.137 e. The Morgan fingerprint density at radius 2 is 2.06 bits per heavy atom. The van der Waals surface area contributed by atoms with Crippen molar-refractivity contribution in [3.05, 3.63) is 29.3 Å². The molecule has 0 radical (unpaired) electrons. The van der Waals surface area contributed by atoms with E-state index in [9.17, 15) is 0 Å². The summed E-state index contributed by atoms with van der Waals surface area (Å²) in [7, 11) is 0. The number of hydrogen-bond acceptors (Lipinski definition) is 3. The molecule has 0 amide bonds. The minimum atomic E-state index is 0.633. The first kappa shape index (κ1) is 12.9. The van der Waals surface area contributed by atoms with Crippen LogP contribution in [-0.4, -0.2) is 31.1 Å². The predicted molar refractivity (Wildman–Crippen MR) is 71.7 cm³/mol. The molecule has 0 spiro atoms. The summed E-state index contributed by atoms with van der Waals surface area (Å²) in [6.07, 6.45) is 3.95. The predicted octanol–water partition coefficient (Wildman–Crippen LogP) is 2.73. The fourth-order valence-corrected chi connectivity index (χ4v) is 2.32. The summed E-state index contributed by atoms with van der Waals surface area (Å²) in [5.74, 6) is 0.708. The molecule has 2 rings (SSSR count). The molecule has 1 saturated heterocycles. The van der Waals surface area contributed by atoms with Crippen molar-refractivity contribution in [2.45, 2.75) is 26.2 Å². The molecule has 0 bridgehead atoms. The van der Waals surface area contributed by atoms with Gasteiger partial charge in [0, 0.05) is 6.54 Å². The zero-order valence-electron chi connectivity index (χ0n) is 11.0. The van der Waals surface area contributed by atoms with Crippen molar-refractivity contribution in [1.29, 1.82) is 5.26 Å². The van der Waals surface area contributed by atoms with Gasteiger partial charge in [0.15, 0.2) is 0 Å². The Morgan fingerprint density at radius 3 is 2.78 bits per heavy atom. The molecule has 0 N–H and O–H groups in total. The molecule has 1 aromatic rings. The first-order valence-electron chi connectivity index (χ1n) is 6.65. The Bertz CT molecular complexity index is 431. The minimum absolute atomic E-state index is 0.633. The van der Waals surface area contributed by atoms with Gasteiger partial charge in [0.25, 0.3) is 0 Å². The van der Waals surface area contributed by atoms with E-state index >= 15 is 0 Å². The standard InChI is InChI=1S/C15H20N2O/c1-13-5-6-15(14(11-13)12-16)18-10-9-17-7-3-2-4-8-17/h5-6,11H,2-4,7-10H2,1H3. The van der Waals surface area contributed by atoms with Gasteiger partial charge in [0.1, 0.15) is 18.4 Å². The summed E-state index contributed by atoms with van der Waals surface area (Å²) in [5, 5.41) is 9.05. The lowest BCUT2D eigenvalue weighted by atomic mass is 10.1. The third kappa shape index (κ3) is 3.48. The lowest BCUT2D eigenvalue weighted by molar-refractivity contribution is 0.183. The van der Waals surface area contributed by atoms with Crippen LogP contribution in [0.2, 0.25) is 0 Å². The molecule has 0 atom stereocenters. The number of nitriles is 1. The Labute approximate surface area is 109 Å². The smallest absolute Gasteiger partial charge is 0.137 e. The van der Waals surface area contributed by atoms with Crippen LogP contribution in [0.5, 0.6) is 5.75 Å². The molecule has 0 aliphatic carbocycles. The number of rotatable bonds is 4. The van der Waals surface area contributed by atoms with E-state index in [1.165, 1.54) is 32.4 Å². The van der Waals surface area contributed by atoms with Gasteiger partial charge in [-0.1, -0.05) is 12.5 Å². The highest BCUT2D eigenvalue weighted by atomic mass is 16.5. The Hall–Kier alpha value is -1.53. The van der Waals surface area contributed by atoms with Crippen LogP contribution in [0.3, 0.4) is 0 Å². The lowest BCUT2D eigenvalue weighted by Gasteiger charge is -2.26. The van der Waals surface area contributed by atoms with Crippen LogP contribution in [0.25, 0.3) is 0 Å². The van der Waals surface area contributed by atoms with Gasteiger partial charge >= 0.3 is 0 Å². The summed E-state index contributed by atoms with van der Waals surface area (Å²) in [6.45, 7) is 5.97. The molecular weight excluding hydrogens is 224 g/mol. The third-order valence-electron chi connectivity index (χ3n) is 3.37. The first-order chi connectivity index (χ1) is 8.79. The van der Waals surface area contributed by atoms with E-state index in [2.05, 4.69) is 11.0 Å². The second kappa shape index (κ2) is 6.42. The first-order valence-corrected chi connectivity index (χ1v) is 6.65. The summed E-state index contributed by atoms with van der Waals surface area (Å²) in [6, 6.07) is 7.93. The zero-order valence-corrected chi connectivity index (χ0v) is 11.0. The highest BCUT2D eigenvalue weighted by molar-refractivity contribution is 5.45. The van der Waals surface area contributed by atoms with Gasteiger partial charge in [0.2, 0.25) is 0 Å². The number of likely N-dealkylation sites (tertiary alicyclic amines) is 1. The molecule has 3 heteroatoms. The third-order valence-corrected chi connectivity index (χ3v) is 3.37. The summed E-state index contributed by atoms with van der Waals surface area (Å²) >= 11 is 0. The average Bonchev–Trinajstić information content (AvgIpc) is 2.41. The molecule has 96 valence electrons. The molecule has 0 aromatic heterocycles. The van der Waals surface area contributed by atoms with E-state index in [0.29, 0.717) is 17.9 Å². The molecule has 1 aliphatic heterocycles. The molecule has 1 aliphatic rings. The molecule has 1 aromatic carbocycles. The quantitative estimate of drug-likeness (QED) is 0.817. The van der Waals surface area contributed by atoms with Gasteiger partial charge in [-0.2, -0.15) is 5.26 Å². The van der Waals surface area contributed by atoms with E-state index in [1.54, 1.807) is 0 Å². The highest BCUT2D eigenvalue weighted by Gasteiger charge is 2.10. The Kier molecular flexibility index (Phi) is 4.60. The van der Waals surface area contributed by atoms with Crippen molar-refractivity contribution in [3.63, 3.8) is 0 Å². The van der Waals surface area contributed by atoms with E-state index in [-0.39, 0.29) is 0 Å². The number of piperidine rings is 1. The highest BCUT2D eigenvalue weighted by Crippen LogP contribution is 2.19. The van der Waals surface area contributed by atoms with Gasteiger partial charge in [-0.15, -0.1) is 0 Å². The average molecular weight is 244 g/mol. The summed E-state index contributed by atoms with van der Waals surface area (Å²) in [4.78, 5) is 2.43.